The molecule has 9 nitrogen and oxygen atoms in total. The summed E-state index contributed by atoms with van der Waals surface area (Å²) in [6.45, 7) is 0.709. The number of carbonyl (C=O) groups excluding carboxylic acids is 1. The maximum absolute atomic E-state index is 14.6. The number of aliphatic hydroxyl groups is 1. The quantitative estimate of drug-likeness (QED) is 0.182. The van der Waals surface area contributed by atoms with Crippen LogP contribution in [0.2, 0.25) is 0 Å². The van der Waals surface area contributed by atoms with Crippen LogP contribution in [0.1, 0.15) is 29.5 Å². The van der Waals surface area contributed by atoms with Crippen LogP contribution in [0.5, 0.6) is 0 Å². The molecule has 0 saturated carbocycles. The predicted molar refractivity (Wildman–Crippen MR) is 142 cm³/mol. The highest BCUT2D eigenvalue weighted by Gasteiger charge is 2.28. The average molecular weight is 503 g/mol. The SMILES string of the molecule is N=C(OC(N)=NC1N=C(c2ccccc2)c2cccc(F)c2NC1=O)c1ccccc1NCCCCO. The van der Waals surface area contributed by atoms with Crippen molar-refractivity contribution in [2.45, 2.75) is 19.0 Å². The summed E-state index contributed by atoms with van der Waals surface area (Å²) in [6.07, 6.45) is 0.0388. The third-order valence-electron chi connectivity index (χ3n) is 5.58. The Labute approximate surface area is 213 Å². The first-order chi connectivity index (χ1) is 18.0. The second-order valence-electron chi connectivity index (χ2n) is 8.17. The number of rotatable bonds is 8. The van der Waals surface area contributed by atoms with Crippen LogP contribution in [0, 0.1) is 11.2 Å². The molecule has 0 radical (unpaired) electrons. The number of hydrogen-bond donors (Lipinski definition) is 5. The fraction of sp³-hybridized carbons (Fsp3) is 0.185. The van der Waals surface area contributed by atoms with Crippen molar-refractivity contribution >= 4 is 34.9 Å². The summed E-state index contributed by atoms with van der Waals surface area (Å²) in [4.78, 5) is 21.5. The van der Waals surface area contributed by atoms with E-state index in [1.807, 2.05) is 24.3 Å². The Morgan fingerprint density at radius 3 is 2.65 bits per heavy atom. The minimum atomic E-state index is -1.37. The number of anilines is 2. The lowest BCUT2D eigenvalue weighted by Crippen LogP contribution is -2.29. The third-order valence-corrected chi connectivity index (χ3v) is 5.58. The normalized spacial score (nSPS) is 15.2. The molecule has 1 unspecified atom stereocenters. The first kappa shape index (κ1) is 25.5. The molecular weight excluding hydrogens is 475 g/mol. The van der Waals surface area contributed by atoms with Crippen molar-refractivity contribution in [2.75, 3.05) is 23.8 Å². The van der Waals surface area contributed by atoms with E-state index in [1.54, 1.807) is 36.4 Å². The molecular formula is C27H27FN6O3. The zero-order chi connectivity index (χ0) is 26.2. The lowest BCUT2D eigenvalue weighted by atomic mass is 10.0. The molecule has 1 aliphatic heterocycles. The van der Waals surface area contributed by atoms with Gasteiger partial charge in [-0.1, -0.05) is 54.6 Å². The zero-order valence-electron chi connectivity index (χ0n) is 19.9. The van der Waals surface area contributed by atoms with Gasteiger partial charge >= 0.3 is 0 Å². The molecule has 1 amide bonds. The Kier molecular flexibility index (Phi) is 8.22. The van der Waals surface area contributed by atoms with Crippen molar-refractivity contribution in [3.8, 4) is 0 Å². The lowest BCUT2D eigenvalue weighted by Gasteiger charge is -2.13. The number of nitrogens with one attached hydrogen (secondary N) is 3. The maximum Gasteiger partial charge on any atom is 0.291 e. The molecule has 3 aromatic rings. The van der Waals surface area contributed by atoms with Gasteiger partial charge in [-0.3, -0.25) is 10.2 Å². The Hall–Kier alpha value is -4.57. The summed E-state index contributed by atoms with van der Waals surface area (Å²) < 4.78 is 20.1. The monoisotopic (exact) mass is 502 g/mol. The number of amides is 1. The molecule has 0 spiro atoms. The fourth-order valence-electron chi connectivity index (χ4n) is 3.80. The maximum atomic E-state index is 14.6. The van der Waals surface area contributed by atoms with Crippen molar-refractivity contribution in [2.24, 2.45) is 15.7 Å². The van der Waals surface area contributed by atoms with Crippen LogP contribution < -0.4 is 16.4 Å². The molecule has 0 saturated heterocycles. The van der Waals surface area contributed by atoms with Crippen LogP contribution in [-0.4, -0.2) is 48.0 Å². The van der Waals surface area contributed by atoms with Crippen molar-refractivity contribution in [1.82, 2.24) is 0 Å². The molecule has 1 aliphatic rings. The number of hydrogen-bond acceptors (Lipinski definition) is 7. The van der Waals surface area contributed by atoms with Crippen molar-refractivity contribution in [1.29, 1.82) is 5.41 Å². The number of nitrogens with zero attached hydrogens (tertiary/aromatic N) is 2. The standard InChI is InChI=1S/C27H27FN6O3/c28-20-13-8-12-19-22(17-9-2-1-3-10-17)32-25(26(36)33-23(19)20)34-27(30)37-24(29)18-11-4-5-14-21(18)31-15-6-7-16-35/h1-5,8-14,25,29,31,35H,6-7,15-16H2,(H2,30,34)(H,33,36). The highest BCUT2D eigenvalue weighted by Crippen LogP contribution is 2.27. The number of aliphatic hydroxyl groups excluding tert-OH is 1. The van der Waals surface area contributed by atoms with E-state index >= 15 is 0 Å². The van der Waals surface area contributed by atoms with Gasteiger partial charge in [0, 0.05) is 30.0 Å². The molecule has 37 heavy (non-hydrogen) atoms. The van der Waals surface area contributed by atoms with E-state index in [4.69, 9.17) is 21.0 Å². The molecule has 6 N–H and O–H groups in total. The molecule has 1 heterocycles. The van der Waals surface area contributed by atoms with Crippen molar-refractivity contribution < 1.29 is 19.0 Å². The second-order valence-corrected chi connectivity index (χ2v) is 8.17. The van der Waals surface area contributed by atoms with Gasteiger partial charge in [-0.05, 0) is 31.0 Å². The van der Waals surface area contributed by atoms with E-state index in [0.29, 0.717) is 41.1 Å². The summed E-state index contributed by atoms with van der Waals surface area (Å²) in [5.74, 6) is -1.57. The van der Waals surface area contributed by atoms with E-state index in [1.165, 1.54) is 12.1 Å². The molecule has 3 aromatic carbocycles. The molecule has 190 valence electrons. The number of carbonyl (C=O) groups is 1. The topological polar surface area (TPSA) is 145 Å². The van der Waals surface area contributed by atoms with Crippen LogP contribution in [0.3, 0.4) is 0 Å². The first-order valence-corrected chi connectivity index (χ1v) is 11.7. The highest BCUT2D eigenvalue weighted by molar-refractivity contribution is 6.19. The number of unbranched alkanes of at least 4 members (excludes halogenated alkanes) is 1. The van der Waals surface area contributed by atoms with E-state index in [-0.39, 0.29) is 18.2 Å². The van der Waals surface area contributed by atoms with Gasteiger partial charge < -0.3 is 26.2 Å². The van der Waals surface area contributed by atoms with Gasteiger partial charge in [0.05, 0.1) is 17.0 Å². The summed E-state index contributed by atoms with van der Waals surface area (Å²) in [5, 5.41) is 23.1. The van der Waals surface area contributed by atoms with Gasteiger partial charge in [0.1, 0.15) is 5.82 Å². The van der Waals surface area contributed by atoms with Gasteiger partial charge in [-0.2, -0.15) is 4.99 Å². The van der Waals surface area contributed by atoms with Gasteiger partial charge in [0.25, 0.3) is 11.9 Å². The number of para-hydroxylation sites is 2. The van der Waals surface area contributed by atoms with Gasteiger partial charge in [0.15, 0.2) is 0 Å². The van der Waals surface area contributed by atoms with Crippen LogP contribution >= 0.6 is 0 Å². The summed E-state index contributed by atoms with van der Waals surface area (Å²) in [6, 6.07) is 20.1. The number of fused-ring (bicyclic) bond motifs is 1. The molecule has 1 atom stereocenters. The van der Waals surface area contributed by atoms with E-state index < -0.39 is 23.9 Å². The van der Waals surface area contributed by atoms with Gasteiger partial charge in [-0.15, -0.1) is 0 Å². The molecule has 0 aliphatic carbocycles. The van der Waals surface area contributed by atoms with Crippen molar-refractivity contribution in [3.05, 3.63) is 95.3 Å². The molecule has 4 rings (SSSR count). The van der Waals surface area contributed by atoms with Crippen LogP contribution in [0.25, 0.3) is 0 Å². The van der Waals surface area contributed by atoms with Crippen LogP contribution in [0.4, 0.5) is 15.8 Å². The van der Waals surface area contributed by atoms with E-state index in [2.05, 4.69) is 20.6 Å². The lowest BCUT2D eigenvalue weighted by molar-refractivity contribution is -0.117. The van der Waals surface area contributed by atoms with E-state index in [9.17, 15) is 9.18 Å². The third kappa shape index (κ3) is 6.17. The number of amidine groups is 1. The highest BCUT2D eigenvalue weighted by atomic mass is 19.1. The Morgan fingerprint density at radius 1 is 1.11 bits per heavy atom. The minimum Gasteiger partial charge on any atom is -0.407 e. The molecule has 0 bridgehead atoms. The van der Waals surface area contributed by atoms with Crippen molar-refractivity contribution in [3.63, 3.8) is 0 Å². The fourth-order valence-corrected chi connectivity index (χ4v) is 3.80. The zero-order valence-corrected chi connectivity index (χ0v) is 19.9. The van der Waals surface area contributed by atoms with Crippen LogP contribution in [-0.2, 0) is 9.53 Å². The Balaban J connectivity index is 1.60. The smallest absolute Gasteiger partial charge is 0.291 e. The first-order valence-electron chi connectivity index (χ1n) is 11.7. The molecule has 0 fully saturated rings. The van der Waals surface area contributed by atoms with E-state index in [0.717, 1.165) is 6.42 Å². The summed E-state index contributed by atoms with van der Waals surface area (Å²) in [5.41, 5.74) is 8.52. The number of halogens is 1. The summed E-state index contributed by atoms with van der Waals surface area (Å²) >= 11 is 0. The number of benzodiazepines with no additional fused rings is 1. The Morgan fingerprint density at radius 2 is 1.86 bits per heavy atom. The molecule has 0 aromatic heterocycles. The Bertz CT molecular complexity index is 1340. The minimum absolute atomic E-state index is 0.00114. The predicted octanol–water partition coefficient (Wildman–Crippen LogP) is 3.48. The molecule has 10 heteroatoms. The average Bonchev–Trinajstić information content (AvgIpc) is 3.04. The number of benzene rings is 3. The number of ether oxygens (including phenoxy) is 1. The number of aliphatic imine (C=N–C) groups is 2. The number of nitrogens with two attached hydrogens (primary N) is 1. The van der Waals surface area contributed by atoms with Crippen LogP contribution in [0.15, 0.2) is 82.8 Å². The largest absolute Gasteiger partial charge is 0.407 e. The van der Waals surface area contributed by atoms with Gasteiger partial charge in [0.2, 0.25) is 12.1 Å². The second kappa shape index (κ2) is 11.9. The van der Waals surface area contributed by atoms with Gasteiger partial charge in [-0.25, -0.2) is 9.38 Å². The summed E-state index contributed by atoms with van der Waals surface area (Å²) in [7, 11) is 0.